The number of rotatable bonds is 4. The van der Waals surface area contributed by atoms with E-state index in [-0.39, 0.29) is 0 Å². The maximum absolute atomic E-state index is 11.4. The first-order chi connectivity index (χ1) is 8.61. The number of amides is 1. The summed E-state index contributed by atoms with van der Waals surface area (Å²) in [6.07, 6.45) is 0. The van der Waals surface area contributed by atoms with Crippen molar-refractivity contribution < 1.29 is 9.49 Å². The molecule has 1 amide bonds. The Morgan fingerprint density at radius 2 is 2.33 bits per heavy atom. The summed E-state index contributed by atoms with van der Waals surface area (Å²) in [5.74, 6) is -0.000766. The Morgan fingerprint density at radius 3 is 3.00 bits per heavy atom. The molecule has 0 saturated carbocycles. The molecule has 2 N–H and O–H groups in total. The van der Waals surface area contributed by atoms with Crippen LogP contribution in [0.5, 0.6) is 0 Å². The highest BCUT2D eigenvalue weighted by atomic mass is 35.5. The molecule has 5 nitrogen and oxygen atoms in total. The number of nitrogens with two attached hydrogens (primary N) is 1. The van der Waals surface area contributed by atoms with E-state index in [2.05, 4.69) is 5.22 Å². The monoisotopic (exact) mass is 287 g/mol. The van der Waals surface area contributed by atoms with Crippen molar-refractivity contribution in [1.29, 1.82) is 0 Å². The van der Waals surface area contributed by atoms with E-state index in [9.17, 15) is 4.79 Å². The highest BCUT2D eigenvalue weighted by molar-refractivity contribution is 6.31. The van der Waals surface area contributed by atoms with Gasteiger partial charge in [0.15, 0.2) is 12.2 Å². The van der Waals surface area contributed by atoms with Gasteiger partial charge in [-0.15, -0.1) is 16.6 Å². The topological polar surface area (TPSA) is 61.7 Å². The summed E-state index contributed by atoms with van der Waals surface area (Å²) in [6.45, 7) is 2.14. The van der Waals surface area contributed by atoms with Crippen molar-refractivity contribution in [3.05, 3.63) is 28.8 Å². The van der Waals surface area contributed by atoms with Crippen LogP contribution >= 0.6 is 23.2 Å². The number of hydrogen-bond donors (Lipinski definition) is 1. The van der Waals surface area contributed by atoms with E-state index in [4.69, 9.17) is 28.9 Å². The number of halogens is 2. The molecule has 96 valence electrons. The van der Waals surface area contributed by atoms with Gasteiger partial charge in [0.25, 0.3) is 5.91 Å². The molecule has 1 aromatic rings. The van der Waals surface area contributed by atoms with Crippen LogP contribution in [-0.2, 0) is 0 Å². The van der Waals surface area contributed by atoms with Gasteiger partial charge in [-0.1, -0.05) is 11.6 Å². The van der Waals surface area contributed by atoms with E-state index in [1.807, 2.05) is 4.70 Å². The largest absolute Gasteiger partial charge is 0.365 e. The smallest absolute Gasteiger partial charge is 0.253 e. The molecular weight excluding hydrogens is 275 g/mol. The van der Waals surface area contributed by atoms with Gasteiger partial charge in [-0.2, -0.15) is 4.70 Å². The first-order valence-electron chi connectivity index (χ1n) is 5.51. The lowest BCUT2D eigenvalue weighted by Gasteiger charge is -2.07. The highest BCUT2D eigenvalue weighted by Gasteiger charge is 2.27. The third-order valence-electron chi connectivity index (χ3n) is 2.65. The van der Waals surface area contributed by atoms with E-state index >= 15 is 0 Å². The van der Waals surface area contributed by atoms with Crippen molar-refractivity contribution in [2.75, 3.05) is 30.5 Å². The fraction of sp³-hybridized carbons (Fsp3) is 0.364. The van der Waals surface area contributed by atoms with Crippen LogP contribution in [0.3, 0.4) is 0 Å². The van der Waals surface area contributed by atoms with Gasteiger partial charge in [0.2, 0.25) is 0 Å². The molecule has 0 radical (unpaired) electrons. The van der Waals surface area contributed by atoms with Crippen molar-refractivity contribution in [1.82, 2.24) is 0 Å². The summed E-state index contributed by atoms with van der Waals surface area (Å²) in [4.78, 5) is 11.4. The van der Waals surface area contributed by atoms with Gasteiger partial charge in [-0.25, -0.2) is 0 Å². The summed E-state index contributed by atoms with van der Waals surface area (Å²) < 4.78 is 1.85. The van der Waals surface area contributed by atoms with E-state index in [1.165, 1.54) is 0 Å². The number of primary amides is 1. The van der Waals surface area contributed by atoms with Crippen molar-refractivity contribution in [3.8, 4) is 0 Å². The highest BCUT2D eigenvalue weighted by Crippen LogP contribution is 2.25. The zero-order chi connectivity index (χ0) is 13.1. The Balaban J connectivity index is 2.32. The summed E-state index contributed by atoms with van der Waals surface area (Å²) in [7, 11) is 0. The molecule has 0 unspecified atom stereocenters. The lowest BCUT2D eigenvalue weighted by molar-refractivity contribution is -0.575. The van der Waals surface area contributed by atoms with Crippen LogP contribution in [0.4, 0.5) is 5.69 Å². The van der Waals surface area contributed by atoms with E-state index in [0.717, 1.165) is 6.54 Å². The molecule has 0 saturated heterocycles. The Hall–Kier alpha value is -1.33. The summed E-state index contributed by atoms with van der Waals surface area (Å²) >= 11 is 11.5. The van der Waals surface area contributed by atoms with Gasteiger partial charge < -0.3 is 5.73 Å². The van der Waals surface area contributed by atoms with E-state index < -0.39 is 5.91 Å². The van der Waals surface area contributed by atoms with Crippen LogP contribution in [0.1, 0.15) is 10.4 Å². The number of anilines is 1. The third-order valence-corrected chi connectivity index (χ3v) is 3.05. The number of benzene rings is 1. The van der Waals surface area contributed by atoms with Gasteiger partial charge in [0.05, 0.1) is 16.7 Å². The molecule has 1 aromatic carbocycles. The number of carbonyl (C=O) groups is 1. The molecule has 18 heavy (non-hydrogen) atoms. The molecular formula is C11H13Cl2N4O+. The average molecular weight is 288 g/mol. The maximum atomic E-state index is 11.4. The van der Waals surface area contributed by atoms with Crippen LogP contribution in [0.25, 0.3) is 0 Å². The van der Waals surface area contributed by atoms with Crippen molar-refractivity contribution in [2.24, 2.45) is 11.0 Å². The fourth-order valence-corrected chi connectivity index (χ4v) is 2.17. The molecule has 0 fully saturated rings. The minimum atomic E-state index is -0.515. The van der Waals surface area contributed by atoms with Gasteiger partial charge in [-0.05, 0) is 18.2 Å². The lowest BCUT2D eigenvalue weighted by atomic mass is 10.1. The second-order valence-corrected chi connectivity index (χ2v) is 4.70. The van der Waals surface area contributed by atoms with Crippen molar-refractivity contribution in [2.45, 2.75) is 0 Å². The minimum absolute atomic E-state index is 0.374. The Labute approximate surface area is 115 Å². The molecule has 1 aliphatic rings. The third kappa shape index (κ3) is 2.73. The number of hydrogen-bond acceptors (Lipinski definition) is 3. The van der Waals surface area contributed by atoms with Crippen LogP contribution in [0.2, 0.25) is 5.02 Å². The molecule has 2 rings (SSSR count). The van der Waals surface area contributed by atoms with Crippen LogP contribution < -0.4 is 10.7 Å². The molecule has 1 aliphatic heterocycles. The van der Waals surface area contributed by atoms with Crippen LogP contribution in [0.15, 0.2) is 23.4 Å². The SMILES string of the molecule is NC(=O)c1cc(Cl)ccc1N1CC[N+](CCCl)=N1. The molecule has 0 spiro atoms. The predicted octanol–water partition coefficient (Wildman–Crippen LogP) is 1.88. The molecule has 0 aromatic heterocycles. The lowest BCUT2D eigenvalue weighted by Crippen LogP contribution is -2.20. The zero-order valence-corrected chi connectivity index (χ0v) is 11.2. The van der Waals surface area contributed by atoms with Gasteiger partial charge in [-0.3, -0.25) is 4.79 Å². The average Bonchev–Trinajstić information content (AvgIpc) is 2.78. The molecule has 0 aliphatic carbocycles. The van der Waals surface area contributed by atoms with Gasteiger partial charge in [0.1, 0.15) is 13.1 Å². The Kier molecular flexibility index (Phi) is 4.04. The number of alkyl halides is 1. The summed E-state index contributed by atoms with van der Waals surface area (Å²) in [6, 6.07) is 5.01. The van der Waals surface area contributed by atoms with Crippen LogP contribution in [0, 0.1) is 0 Å². The Bertz CT molecular complexity index is 504. The second-order valence-electron chi connectivity index (χ2n) is 3.88. The Morgan fingerprint density at radius 1 is 1.56 bits per heavy atom. The predicted molar refractivity (Wildman–Crippen MR) is 70.5 cm³/mol. The van der Waals surface area contributed by atoms with E-state index in [1.54, 1.807) is 23.2 Å². The fourth-order valence-electron chi connectivity index (χ4n) is 1.81. The normalized spacial score (nSPS) is 14.8. The molecule has 0 atom stereocenters. The quantitative estimate of drug-likeness (QED) is 0.679. The van der Waals surface area contributed by atoms with E-state index in [0.29, 0.717) is 35.2 Å². The summed E-state index contributed by atoms with van der Waals surface area (Å²) in [5.41, 5.74) is 6.39. The summed E-state index contributed by atoms with van der Waals surface area (Å²) in [5, 5.41) is 6.57. The maximum Gasteiger partial charge on any atom is 0.253 e. The minimum Gasteiger partial charge on any atom is -0.365 e. The van der Waals surface area contributed by atoms with Crippen LogP contribution in [-0.4, -0.2) is 36.1 Å². The second kappa shape index (κ2) is 5.54. The first kappa shape index (κ1) is 13.1. The number of nitrogens with zero attached hydrogens (tertiary/aromatic N) is 3. The van der Waals surface area contributed by atoms with Crippen molar-refractivity contribution in [3.63, 3.8) is 0 Å². The van der Waals surface area contributed by atoms with Gasteiger partial charge in [0, 0.05) is 5.02 Å². The first-order valence-corrected chi connectivity index (χ1v) is 6.42. The van der Waals surface area contributed by atoms with Gasteiger partial charge >= 0.3 is 0 Å². The van der Waals surface area contributed by atoms with Crippen molar-refractivity contribution >= 4 is 34.8 Å². The molecule has 0 bridgehead atoms. The zero-order valence-electron chi connectivity index (χ0n) is 9.64. The number of carbonyl (C=O) groups excluding carboxylic acids is 1. The molecule has 7 heteroatoms. The standard InChI is InChI=1S/C11H12Cl2N4O/c12-3-4-16-5-6-17(15-16)10-2-1-8(13)7-9(10)11(14)18/h1-2,7H,3-6H2,(H-,14,18)/p+1. The molecule has 1 heterocycles.